The molecule has 0 fully saturated rings. The van der Waals surface area contributed by atoms with Crippen molar-refractivity contribution in [3.05, 3.63) is 59.7 Å². The van der Waals surface area contributed by atoms with Gasteiger partial charge < -0.3 is 24.0 Å². The van der Waals surface area contributed by atoms with Crippen LogP contribution in [0.15, 0.2) is 57.6 Å². The molecule has 9 nitrogen and oxygen atoms in total. The molecule has 3 heterocycles. The van der Waals surface area contributed by atoms with E-state index in [0.717, 1.165) is 0 Å². The minimum atomic E-state index is -4.80. The number of nitrogens with zero attached hydrogens (tertiary/aromatic N) is 3. The van der Waals surface area contributed by atoms with Crippen molar-refractivity contribution in [1.29, 1.82) is 0 Å². The zero-order valence-electron chi connectivity index (χ0n) is 19.1. The van der Waals surface area contributed by atoms with E-state index < -0.39 is 41.2 Å². The monoisotopic (exact) mass is 515 g/mol. The number of benzene rings is 2. The van der Waals surface area contributed by atoms with Gasteiger partial charge in [-0.3, -0.25) is 4.79 Å². The van der Waals surface area contributed by atoms with Gasteiger partial charge in [-0.1, -0.05) is 52.8 Å². The van der Waals surface area contributed by atoms with E-state index in [2.05, 4.69) is 15.3 Å². The van der Waals surface area contributed by atoms with Crippen molar-refractivity contribution in [2.45, 2.75) is 31.5 Å². The lowest BCUT2D eigenvalue weighted by molar-refractivity contribution is -0.138. The van der Waals surface area contributed by atoms with Crippen molar-refractivity contribution in [3.8, 4) is 40.0 Å². The molecule has 2 atom stereocenters. The summed E-state index contributed by atoms with van der Waals surface area (Å²) >= 11 is 0. The Morgan fingerprint density at radius 2 is 1.84 bits per heavy atom. The number of fused-ring (bicyclic) bond motifs is 1. The summed E-state index contributed by atoms with van der Waals surface area (Å²) in [7, 11) is 0. The predicted octanol–water partition coefficient (Wildman–Crippen LogP) is 5.37. The van der Waals surface area contributed by atoms with E-state index in [1.807, 2.05) is 0 Å². The van der Waals surface area contributed by atoms with E-state index in [0.29, 0.717) is 29.7 Å². The number of aromatic nitrogens is 3. The first-order valence-electron chi connectivity index (χ1n) is 11.4. The third-order valence-corrected chi connectivity index (χ3v) is 6.10. The first kappa shape index (κ1) is 24.5. The molecule has 0 spiro atoms. The van der Waals surface area contributed by atoms with Crippen LogP contribution in [0.4, 0.5) is 13.2 Å². The van der Waals surface area contributed by atoms with Crippen molar-refractivity contribution < 1.29 is 42.0 Å². The van der Waals surface area contributed by atoms with E-state index >= 15 is 0 Å². The molecular formula is C25H20F3N3O6. The van der Waals surface area contributed by atoms with Crippen LogP contribution in [0, 0.1) is 5.92 Å². The van der Waals surface area contributed by atoms with Crippen molar-refractivity contribution >= 4 is 5.97 Å². The third kappa shape index (κ3) is 4.92. The van der Waals surface area contributed by atoms with Gasteiger partial charge in [0.25, 0.3) is 5.89 Å². The molecule has 37 heavy (non-hydrogen) atoms. The van der Waals surface area contributed by atoms with Gasteiger partial charge in [0.05, 0.1) is 12.7 Å². The summed E-state index contributed by atoms with van der Waals surface area (Å²) < 4.78 is 57.8. The number of halogens is 3. The molecular weight excluding hydrogens is 495 g/mol. The van der Waals surface area contributed by atoms with E-state index in [1.165, 1.54) is 12.1 Å². The van der Waals surface area contributed by atoms with Gasteiger partial charge in [0.1, 0.15) is 17.0 Å². The van der Waals surface area contributed by atoms with Gasteiger partial charge in [0.15, 0.2) is 0 Å². The molecule has 4 aromatic rings. The van der Waals surface area contributed by atoms with Crippen LogP contribution in [0.25, 0.3) is 34.3 Å². The average molecular weight is 515 g/mol. The average Bonchev–Trinajstić information content (AvgIpc) is 3.53. The molecule has 0 aliphatic carbocycles. The summed E-state index contributed by atoms with van der Waals surface area (Å²) in [4.78, 5) is 14.8. The molecule has 2 aromatic heterocycles. The summed E-state index contributed by atoms with van der Waals surface area (Å²) in [5.74, 6) is -1.99. The summed E-state index contributed by atoms with van der Waals surface area (Å²) in [5, 5.41) is 26.9. The number of aliphatic hydroxyl groups excluding tert-OH is 1. The highest BCUT2D eigenvalue weighted by atomic mass is 19.4. The first-order chi connectivity index (χ1) is 17.7. The van der Waals surface area contributed by atoms with Crippen LogP contribution < -0.4 is 4.74 Å². The molecule has 12 heteroatoms. The van der Waals surface area contributed by atoms with Crippen LogP contribution in [0.2, 0.25) is 0 Å². The molecule has 0 bridgehead atoms. The van der Waals surface area contributed by atoms with Gasteiger partial charge >= 0.3 is 12.1 Å². The van der Waals surface area contributed by atoms with Crippen LogP contribution in [0.1, 0.15) is 36.5 Å². The van der Waals surface area contributed by atoms with Crippen molar-refractivity contribution in [1.82, 2.24) is 15.3 Å². The molecule has 1 aliphatic rings. The number of carboxylic acid groups (broad SMARTS) is 1. The van der Waals surface area contributed by atoms with E-state index in [1.54, 1.807) is 36.4 Å². The molecule has 2 aromatic carbocycles. The Bertz CT molecular complexity index is 1420. The highest BCUT2D eigenvalue weighted by molar-refractivity contribution is 5.71. The Morgan fingerprint density at radius 3 is 2.57 bits per heavy atom. The van der Waals surface area contributed by atoms with Crippen molar-refractivity contribution in [3.63, 3.8) is 0 Å². The molecule has 192 valence electrons. The summed E-state index contributed by atoms with van der Waals surface area (Å²) in [6, 6.07) is 12.6. The molecule has 2 N–H and O–H groups in total. The van der Waals surface area contributed by atoms with Crippen LogP contribution in [0.3, 0.4) is 0 Å². The lowest BCUT2D eigenvalue weighted by Crippen LogP contribution is -2.26. The minimum Gasteiger partial charge on any atom is -0.493 e. The molecule has 0 amide bonds. The van der Waals surface area contributed by atoms with E-state index in [4.69, 9.17) is 18.9 Å². The number of ether oxygens (including phenoxy) is 1. The van der Waals surface area contributed by atoms with Crippen LogP contribution in [-0.2, 0) is 11.0 Å². The SMILES string of the molecule is O=C(O)CCC[C@@H]1COc2cc(-c3noc(-c4onc(-c5ccccc5)c4C(F)(F)F)n3)ccc2[C@@H]1O. The number of carboxylic acids is 1. The van der Waals surface area contributed by atoms with Crippen molar-refractivity contribution in [2.24, 2.45) is 5.92 Å². The van der Waals surface area contributed by atoms with Gasteiger partial charge in [-0.15, -0.1) is 0 Å². The number of aliphatic carboxylic acids is 1. The zero-order valence-corrected chi connectivity index (χ0v) is 19.1. The quantitative estimate of drug-likeness (QED) is 0.333. The number of hydrogen-bond acceptors (Lipinski definition) is 8. The van der Waals surface area contributed by atoms with E-state index in [-0.39, 0.29) is 30.3 Å². The fourth-order valence-electron chi connectivity index (χ4n) is 4.27. The number of carbonyl (C=O) groups is 1. The van der Waals surface area contributed by atoms with Gasteiger partial charge in [-0.25, -0.2) is 0 Å². The largest absolute Gasteiger partial charge is 0.493 e. The maximum absolute atomic E-state index is 14.0. The first-order valence-corrected chi connectivity index (χ1v) is 11.4. The van der Waals surface area contributed by atoms with Gasteiger partial charge in [0, 0.05) is 29.0 Å². The topological polar surface area (TPSA) is 132 Å². The summed E-state index contributed by atoms with van der Waals surface area (Å²) in [6.07, 6.45) is -4.76. The standard InChI is InChI=1S/C25H20F3N3O6/c26-25(27,28)19-20(13-5-2-1-3-6-13)30-36-22(19)24-29-23(31-37-24)14-9-10-16-17(11-14)35-12-15(21(16)34)7-4-8-18(32)33/h1-3,5-6,9-11,15,21,34H,4,7-8,12H2,(H,32,33)/t15-,21-/m1/s1. The Kier molecular flexibility index (Phi) is 6.42. The smallest absolute Gasteiger partial charge is 0.422 e. The molecule has 5 rings (SSSR count). The molecule has 0 radical (unpaired) electrons. The number of hydrogen-bond donors (Lipinski definition) is 2. The maximum atomic E-state index is 14.0. The molecule has 1 aliphatic heterocycles. The molecule has 0 saturated carbocycles. The highest BCUT2D eigenvalue weighted by Gasteiger charge is 2.43. The number of alkyl halides is 3. The maximum Gasteiger partial charge on any atom is 0.422 e. The van der Waals surface area contributed by atoms with Crippen molar-refractivity contribution in [2.75, 3.05) is 6.61 Å². The lowest BCUT2D eigenvalue weighted by Gasteiger charge is -2.30. The second kappa shape index (κ2) is 9.69. The molecule has 0 unspecified atom stereocenters. The van der Waals surface area contributed by atoms with Crippen LogP contribution >= 0.6 is 0 Å². The fraction of sp³-hybridized carbons (Fsp3) is 0.280. The number of rotatable bonds is 7. The summed E-state index contributed by atoms with van der Waals surface area (Å²) in [5.41, 5.74) is -0.393. The zero-order chi connectivity index (χ0) is 26.2. The Hall–Kier alpha value is -4.19. The van der Waals surface area contributed by atoms with Gasteiger partial charge in [0.2, 0.25) is 11.6 Å². The second-order valence-electron chi connectivity index (χ2n) is 8.58. The Labute approximate surface area is 207 Å². The van der Waals surface area contributed by atoms with Crippen LogP contribution in [0.5, 0.6) is 5.75 Å². The fourth-order valence-corrected chi connectivity index (χ4v) is 4.27. The Balaban J connectivity index is 1.41. The highest BCUT2D eigenvalue weighted by Crippen LogP contribution is 2.44. The van der Waals surface area contributed by atoms with E-state index in [9.17, 15) is 23.1 Å². The second-order valence-corrected chi connectivity index (χ2v) is 8.58. The normalized spacial score (nSPS) is 17.3. The predicted molar refractivity (Wildman–Crippen MR) is 121 cm³/mol. The third-order valence-electron chi connectivity index (χ3n) is 6.10. The lowest BCUT2D eigenvalue weighted by atomic mass is 9.88. The minimum absolute atomic E-state index is 0.00323. The summed E-state index contributed by atoms with van der Waals surface area (Å²) in [6.45, 7) is 0.185. The number of aliphatic hydroxyl groups is 1. The van der Waals surface area contributed by atoms with Crippen LogP contribution in [-0.4, -0.2) is 38.1 Å². The van der Waals surface area contributed by atoms with Gasteiger partial charge in [-0.2, -0.15) is 18.2 Å². The molecule has 0 saturated heterocycles. The van der Waals surface area contributed by atoms with Gasteiger partial charge in [-0.05, 0) is 18.9 Å². The Morgan fingerprint density at radius 1 is 1.05 bits per heavy atom.